The minimum absolute atomic E-state index is 0.0600. The van der Waals surface area contributed by atoms with Crippen molar-refractivity contribution in [3.63, 3.8) is 0 Å². The van der Waals surface area contributed by atoms with Gasteiger partial charge in [0.2, 0.25) is 0 Å². The smallest absolute Gasteiger partial charge is 0.338 e. The molecular weight excluding hydrogens is 368 g/mol. The fourth-order valence-electron chi connectivity index (χ4n) is 2.30. The predicted molar refractivity (Wildman–Crippen MR) is 106 cm³/mol. The maximum Gasteiger partial charge on any atom is 0.338 e. The molecule has 1 fully saturated rings. The molecule has 0 spiro atoms. The lowest BCUT2D eigenvalue weighted by Gasteiger charge is -2.27. The second kappa shape index (κ2) is 9.33. The summed E-state index contributed by atoms with van der Waals surface area (Å²) in [6.45, 7) is 4.94. The van der Waals surface area contributed by atoms with Gasteiger partial charge in [0.15, 0.2) is 6.61 Å². The van der Waals surface area contributed by atoms with E-state index in [-0.39, 0.29) is 5.92 Å². The van der Waals surface area contributed by atoms with Gasteiger partial charge in [-0.3, -0.25) is 4.79 Å². The van der Waals surface area contributed by atoms with Gasteiger partial charge < -0.3 is 10.1 Å². The largest absolute Gasteiger partial charge is 0.452 e. The first-order chi connectivity index (χ1) is 12.4. The number of hydrogen-bond acceptors (Lipinski definition) is 6. The van der Waals surface area contributed by atoms with Gasteiger partial charge in [0.1, 0.15) is 5.54 Å². The van der Waals surface area contributed by atoms with Gasteiger partial charge >= 0.3 is 5.97 Å². The lowest BCUT2D eigenvalue weighted by Crippen LogP contribution is -2.50. The van der Waals surface area contributed by atoms with E-state index in [0.29, 0.717) is 10.1 Å². The monoisotopic (exact) mass is 392 g/mol. The number of nitrogens with one attached hydrogen (secondary N) is 1. The third kappa shape index (κ3) is 5.42. The number of thioether (sulfide) groups is 2. The molecule has 0 bridgehead atoms. The van der Waals surface area contributed by atoms with Crippen LogP contribution in [-0.2, 0) is 9.53 Å². The fourth-order valence-corrected chi connectivity index (χ4v) is 5.19. The average Bonchev–Trinajstić information content (AvgIpc) is 2.66. The van der Waals surface area contributed by atoms with E-state index < -0.39 is 24.0 Å². The number of carbonyl (C=O) groups is 2. The van der Waals surface area contributed by atoms with Crippen molar-refractivity contribution >= 4 is 35.4 Å². The van der Waals surface area contributed by atoms with E-state index >= 15 is 0 Å². The maximum atomic E-state index is 12.1. The summed E-state index contributed by atoms with van der Waals surface area (Å²) in [6, 6.07) is 9.44. The van der Waals surface area contributed by atoms with Gasteiger partial charge in [-0.1, -0.05) is 26.0 Å². The average molecular weight is 393 g/mol. The highest BCUT2D eigenvalue weighted by atomic mass is 32.2. The van der Waals surface area contributed by atoms with Crippen LogP contribution < -0.4 is 5.32 Å². The van der Waals surface area contributed by atoms with E-state index in [2.05, 4.69) is 11.4 Å². The van der Waals surface area contributed by atoms with Crippen LogP contribution in [0.3, 0.4) is 0 Å². The fraction of sp³-hybridized carbons (Fsp3) is 0.526. The zero-order chi connectivity index (χ0) is 19.2. The first kappa shape index (κ1) is 20.7. The number of benzene rings is 1. The number of amides is 1. The van der Waals surface area contributed by atoms with Crippen molar-refractivity contribution in [2.24, 2.45) is 5.92 Å². The van der Waals surface area contributed by atoms with Crippen molar-refractivity contribution in [1.29, 1.82) is 5.26 Å². The number of ether oxygens (including phenoxy) is 1. The van der Waals surface area contributed by atoms with Crippen molar-refractivity contribution in [3.8, 4) is 6.07 Å². The standard InChI is InChI=1S/C19H24N2O3S2/c1-13(2)19(3,12-20)21-16(22)11-24-17(23)14-5-7-15(8-6-14)18-25-9-4-10-26-18/h5-8,13,18H,4,9-11H2,1-3H3,(H,21,22)/t19-/m0/s1. The molecule has 1 aromatic carbocycles. The lowest BCUT2D eigenvalue weighted by molar-refractivity contribution is -0.125. The summed E-state index contributed by atoms with van der Waals surface area (Å²) in [5, 5.41) is 11.8. The van der Waals surface area contributed by atoms with Gasteiger partial charge in [0.25, 0.3) is 5.91 Å². The Morgan fingerprint density at radius 1 is 1.31 bits per heavy atom. The molecular formula is C19H24N2O3S2. The molecule has 1 aromatic rings. The summed E-state index contributed by atoms with van der Waals surface area (Å²) in [7, 11) is 0. The van der Waals surface area contributed by atoms with Gasteiger partial charge in [-0.2, -0.15) is 5.26 Å². The van der Waals surface area contributed by atoms with Gasteiger partial charge in [0.05, 0.1) is 16.2 Å². The Kier molecular flexibility index (Phi) is 7.42. The van der Waals surface area contributed by atoms with Gasteiger partial charge in [-0.05, 0) is 48.5 Å². The van der Waals surface area contributed by atoms with Crippen molar-refractivity contribution < 1.29 is 14.3 Å². The number of nitriles is 1. The maximum absolute atomic E-state index is 12.1. The molecule has 2 rings (SSSR count). The molecule has 1 aliphatic rings. The Bertz CT molecular complexity index is 679. The molecule has 5 nitrogen and oxygen atoms in total. The Balaban J connectivity index is 1.87. The zero-order valence-corrected chi connectivity index (χ0v) is 16.9. The molecule has 1 saturated heterocycles. The molecule has 7 heteroatoms. The van der Waals surface area contributed by atoms with Crippen LogP contribution in [0.2, 0.25) is 0 Å². The Hall–Kier alpha value is -1.65. The summed E-state index contributed by atoms with van der Waals surface area (Å²) >= 11 is 3.84. The van der Waals surface area contributed by atoms with Crippen LogP contribution in [-0.4, -0.2) is 35.5 Å². The van der Waals surface area contributed by atoms with E-state index in [1.165, 1.54) is 12.0 Å². The van der Waals surface area contributed by atoms with E-state index in [4.69, 9.17) is 4.74 Å². The summed E-state index contributed by atoms with van der Waals surface area (Å²) in [4.78, 5) is 24.1. The van der Waals surface area contributed by atoms with E-state index in [1.54, 1.807) is 19.1 Å². The highest BCUT2D eigenvalue weighted by Gasteiger charge is 2.30. The molecule has 0 aromatic heterocycles. The molecule has 1 amide bonds. The van der Waals surface area contributed by atoms with Gasteiger partial charge in [-0.25, -0.2) is 4.79 Å². The van der Waals surface area contributed by atoms with Crippen molar-refractivity contribution in [1.82, 2.24) is 5.32 Å². The lowest BCUT2D eigenvalue weighted by atomic mass is 9.90. The number of esters is 1. The molecule has 0 aliphatic carbocycles. The molecule has 1 aliphatic heterocycles. The van der Waals surface area contributed by atoms with Crippen LogP contribution in [0.25, 0.3) is 0 Å². The Morgan fingerprint density at radius 2 is 1.92 bits per heavy atom. The van der Waals surface area contributed by atoms with Crippen molar-refractivity contribution in [2.45, 2.75) is 37.3 Å². The van der Waals surface area contributed by atoms with E-state index in [1.807, 2.05) is 49.5 Å². The number of nitrogens with zero attached hydrogens (tertiary/aromatic N) is 1. The summed E-state index contributed by atoms with van der Waals surface area (Å²) in [5.74, 6) is 1.24. The first-order valence-corrected chi connectivity index (χ1v) is 10.7. The SMILES string of the molecule is CC(C)[C@](C)(C#N)NC(=O)COC(=O)c1ccc(C2SCCCS2)cc1. The first-order valence-electron chi connectivity index (χ1n) is 8.58. The number of hydrogen-bond donors (Lipinski definition) is 1. The van der Waals surface area contributed by atoms with Crippen molar-refractivity contribution in [2.75, 3.05) is 18.1 Å². The molecule has 140 valence electrons. The Labute approximate surface area is 163 Å². The topological polar surface area (TPSA) is 79.2 Å². The van der Waals surface area contributed by atoms with E-state index in [9.17, 15) is 14.9 Å². The minimum Gasteiger partial charge on any atom is -0.452 e. The molecule has 1 N–H and O–H groups in total. The molecule has 0 radical (unpaired) electrons. The molecule has 1 atom stereocenters. The van der Waals surface area contributed by atoms with Gasteiger partial charge in [-0.15, -0.1) is 23.5 Å². The highest BCUT2D eigenvalue weighted by Crippen LogP contribution is 2.43. The Morgan fingerprint density at radius 3 is 2.46 bits per heavy atom. The summed E-state index contributed by atoms with van der Waals surface area (Å²) in [5.41, 5.74) is 0.621. The molecule has 1 heterocycles. The van der Waals surface area contributed by atoms with Gasteiger partial charge in [0, 0.05) is 0 Å². The van der Waals surface area contributed by atoms with Crippen molar-refractivity contribution in [3.05, 3.63) is 35.4 Å². The van der Waals surface area contributed by atoms with Crippen LogP contribution in [0, 0.1) is 17.2 Å². The van der Waals surface area contributed by atoms with Crippen LogP contribution in [0.4, 0.5) is 0 Å². The predicted octanol–water partition coefficient (Wildman–Crippen LogP) is 3.77. The van der Waals surface area contributed by atoms with Crippen LogP contribution >= 0.6 is 23.5 Å². The van der Waals surface area contributed by atoms with Crippen LogP contribution in [0.15, 0.2) is 24.3 Å². The summed E-state index contributed by atoms with van der Waals surface area (Å²) < 4.78 is 5.49. The second-order valence-corrected chi connectivity index (χ2v) is 9.37. The number of rotatable bonds is 6. The molecule has 0 unspecified atom stereocenters. The summed E-state index contributed by atoms with van der Waals surface area (Å²) in [6.07, 6.45) is 1.24. The molecule has 26 heavy (non-hydrogen) atoms. The molecule has 0 saturated carbocycles. The zero-order valence-electron chi connectivity index (χ0n) is 15.3. The second-order valence-electron chi connectivity index (χ2n) is 6.64. The number of carbonyl (C=O) groups excluding carboxylic acids is 2. The van der Waals surface area contributed by atoms with Crippen LogP contribution in [0.1, 0.15) is 47.7 Å². The van der Waals surface area contributed by atoms with Crippen LogP contribution in [0.5, 0.6) is 0 Å². The van der Waals surface area contributed by atoms with E-state index in [0.717, 1.165) is 11.5 Å². The quantitative estimate of drug-likeness (QED) is 0.743. The normalized spacial score (nSPS) is 17.2. The highest BCUT2D eigenvalue weighted by molar-refractivity contribution is 8.16. The third-order valence-electron chi connectivity index (χ3n) is 4.37. The third-order valence-corrected chi connectivity index (χ3v) is 7.38. The minimum atomic E-state index is -0.986.